The molecule has 0 amide bonds. The van der Waals surface area contributed by atoms with Gasteiger partial charge in [-0.15, -0.1) is 11.3 Å². The van der Waals surface area contributed by atoms with Crippen molar-refractivity contribution in [3.05, 3.63) is 57.2 Å². The molecule has 6 heteroatoms. The molecular formula is C24H23N3O2S. The molecule has 1 fully saturated rings. The third-order valence-corrected chi connectivity index (χ3v) is 8.39. The van der Waals surface area contributed by atoms with Crippen molar-refractivity contribution >= 4 is 17.4 Å². The highest BCUT2D eigenvalue weighted by molar-refractivity contribution is 7.10. The van der Waals surface area contributed by atoms with Crippen LogP contribution in [0.2, 0.25) is 0 Å². The molecule has 3 aliphatic carbocycles. The smallest absolute Gasteiger partial charge is 0.166 e. The van der Waals surface area contributed by atoms with E-state index in [1.165, 1.54) is 11.1 Å². The lowest BCUT2D eigenvalue weighted by atomic mass is 9.44. The molecule has 0 unspecified atom stereocenters. The Kier molecular flexibility index (Phi) is 3.60. The molecule has 6 rings (SSSR count). The van der Waals surface area contributed by atoms with E-state index in [-0.39, 0.29) is 16.2 Å². The standard InChI is InChI=1S/C24H23N3O2S/c1-22(2)18-4-6-24(7-5-20-25-8-9-30-20)12-15-13-26-28-17(15)10-19(24)23(18,3)11-16-14-27-29-21(16)22/h8-10,13-14,18H,4,6,11-12H2,1-3H3/t18-,23-,24+/m0/s1. The predicted molar refractivity (Wildman–Crippen MR) is 114 cm³/mol. The molecule has 0 aromatic carbocycles. The number of hydrogen-bond acceptors (Lipinski definition) is 6. The van der Waals surface area contributed by atoms with Crippen LogP contribution in [-0.2, 0) is 18.3 Å². The lowest BCUT2D eigenvalue weighted by Crippen LogP contribution is -2.54. The van der Waals surface area contributed by atoms with Crippen LogP contribution in [0.25, 0.3) is 6.08 Å². The molecule has 1 saturated carbocycles. The summed E-state index contributed by atoms with van der Waals surface area (Å²) in [5.74, 6) is 9.45. The fourth-order valence-corrected chi connectivity index (χ4v) is 7.00. The summed E-state index contributed by atoms with van der Waals surface area (Å²) in [6.07, 6.45) is 11.7. The number of rotatable bonds is 0. The number of allylic oxidation sites excluding steroid dienone is 1. The summed E-state index contributed by atoms with van der Waals surface area (Å²) in [4.78, 5) is 4.39. The molecule has 3 heterocycles. The second-order valence-corrected chi connectivity index (χ2v) is 10.6. The maximum atomic E-state index is 5.73. The van der Waals surface area contributed by atoms with Gasteiger partial charge in [-0.1, -0.05) is 37.0 Å². The Labute approximate surface area is 179 Å². The van der Waals surface area contributed by atoms with Crippen molar-refractivity contribution in [2.24, 2.45) is 16.7 Å². The minimum atomic E-state index is -0.222. The lowest BCUT2D eigenvalue weighted by Gasteiger charge is -2.58. The van der Waals surface area contributed by atoms with Gasteiger partial charge in [0.2, 0.25) is 0 Å². The van der Waals surface area contributed by atoms with E-state index in [1.807, 2.05) is 24.0 Å². The highest BCUT2D eigenvalue weighted by atomic mass is 32.1. The van der Waals surface area contributed by atoms with Gasteiger partial charge in [-0.05, 0) is 54.6 Å². The Morgan fingerprint density at radius 2 is 1.93 bits per heavy atom. The molecule has 0 N–H and O–H groups in total. The average Bonchev–Trinajstić information content (AvgIpc) is 3.46. The fraction of sp³-hybridized carbons (Fsp3) is 0.458. The summed E-state index contributed by atoms with van der Waals surface area (Å²) in [5, 5.41) is 11.1. The van der Waals surface area contributed by atoms with Crippen LogP contribution >= 0.6 is 11.3 Å². The Hall–Kier alpha value is -2.65. The monoisotopic (exact) mass is 417 g/mol. The third-order valence-electron chi connectivity index (χ3n) is 7.70. The van der Waals surface area contributed by atoms with Gasteiger partial charge in [0, 0.05) is 28.1 Å². The van der Waals surface area contributed by atoms with Crippen molar-refractivity contribution in [3.63, 3.8) is 0 Å². The first-order chi connectivity index (χ1) is 14.4. The SMILES string of the molecule is CC1(C)c2oncc2C[C@]2(C)C3=Cc4oncc4C[C@]3(C#Cc3nccs3)CC[C@@H]12. The molecule has 3 atom stereocenters. The van der Waals surface area contributed by atoms with Gasteiger partial charge < -0.3 is 9.05 Å². The van der Waals surface area contributed by atoms with Crippen molar-refractivity contribution in [1.82, 2.24) is 15.3 Å². The lowest BCUT2D eigenvalue weighted by molar-refractivity contribution is 0.0400. The molecule has 0 saturated heterocycles. The van der Waals surface area contributed by atoms with Crippen molar-refractivity contribution in [2.75, 3.05) is 0 Å². The van der Waals surface area contributed by atoms with E-state index >= 15 is 0 Å². The van der Waals surface area contributed by atoms with Crippen molar-refractivity contribution in [3.8, 4) is 11.8 Å². The zero-order valence-electron chi connectivity index (χ0n) is 17.4. The van der Waals surface area contributed by atoms with Crippen molar-refractivity contribution in [1.29, 1.82) is 0 Å². The Morgan fingerprint density at radius 3 is 2.77 bits per heavy atom. The topological polar surface area (TPSA) is 65.0 Å². The second kappa shape index (κ2) is 5.95. The highest BCUT2D eigenvalue weighted by Gasteiger charge is 2.60. The van der Waals surface area contributed by atoms with Crippen LogP contribution in [0, 0.1) is 28.6 Å². The van der Waals surface area contributed by atoms with E-state index < -0.39 is 0 Å². The van der Waals surface area contributed by atoms with Crippen molar-refractivity contribution < 1.29 is 9.05 Å². The molecule has 0 aliphatic heterocycles. The van der Waals surface area contributed by atoms with Gasteiger partial charge in [-0.25, -0.2) is 4.98 Å². The summed E-state index contributed by atoms with van der Waals surface area (Å²) < 4.78 is 11.3. The summed E-state index contributed by atoms with van der Waals surface area (Å²) in [5.41, 5.74) is 3.37. The highest BCUT2D eigenvalue weighted by Crippen LogP contribution is 2.65. The van der Waals surface area contributed by atoms with Gasteiger partial charge in [0.15, 0.2) is 10.8 Å². The van der Waals surface area contributed by atoms with E-state index in [0.29, 0.717) is 5.92 Å². The normalized spacial score (nSPS) is 30.8. The first-order valence-corrected chi connectivity index (χ1v) is 11.3. The predicted octanol–water partition coefficient (Wildman–Crippen LogP) is 5.05. The number of hydrogen-bond donors (Lipinski definition) is 0. The molecular weight excluding hydrogens is 394 g/mol. The first kappa shape index (κ1) is 18.1. The number of fused-ring (bicyclic) bond motifs is 5. The van der Waals surface area contributed by atoms with Crippen molar-refractivity contribution in [2.45, 2.75) is 51.9 Å². The number of aromatic nitrogens is 3. The Balaban J connectivity index is 1.55. The van der Waals surface area contributed by atoms with Crippen LogP contribution in [0.5, 0.6) is 0 Å². The molecule has 3 aromatic rings. The zero-order valence-corrected chi connectivity index (χ0v) is 18.2. The maximum Gasteiger partial charge on any atom is 0.166 e. The summed E-state index contributed by atoms with van der Waals surface area (Å²) in [6.45, 7) is 7.01. The van der Waals surface area contributed by atoms with Crippen LogP contribution in [0.3, 0.4) is 0 Å². The van der Waals surface area contributed by atoms with E-state index in [0.717, 1.165) is 47.8 Å². The number of nitrogens with zero attached hydrogens (tertiary/aromatic N) is 3. The summed E-state index contributed by atoms with van der Waals surface area (Å²) in [7, 11) is 0. The molecule has 5 nitrogen and oxygen atoms in total. The minimum Gasteiger partial charge on any atom is -0.361 e. The molecule has 30 heavy (non-hydrogen) atoms. The molecule has 0 bridgehead atoms. The largest absolute Gasteiger partial charge is 0.361 e. The molecule has 0 spiro atoms. The molecule has 152 valence electrons. The summed E-state index contributed by atoms with van der Waals surface area (Å²) in [6, 6.07) is 0. The van der Waals surface area contributed by atoms with E-state index in [1.54, 1.807) is 11.3 Å². The van der Waals surface area contributed by atoms with Crippen LogP contribution < -0.4 is 0 Å². The van der Waals surface area contributed by atoms with Gasteiger partial charge in [0.25, 0.3) is 0 Å². The van der Waals surface area contributed by atoms with Gasteiger partial charge in [0.05, 0.1) is 17.8 Å². The molecule has 3 aromatic heterocycles. The number of thiazole rings is 1. The average molecular weight is 418 g/mol. The Morgan fingerprint density at radius 1 is 1.10 bits per heavy atom. The first-order valence-electron chi connectivity index (χ1n) is 10.5. The van der Waals surface area contributed by atoms with E-state index in [2.05, 4.69) is 54.0 Å². The quantitative estimate of drug-likeness (QED) is 0.479. The van der Waals surface area contributed by atoms with Gasteiger partial charge >= 0.3 is 0 Å². The molecule has 3 aliphatic rings. The van der Waals surface area contributed by atoms with Gasteiger partial charge in [0.1, 0.15) is 5.76 Å². The van der Waals surface area contributed by atoms with Crippen LogP contribution in [-0.4, -0.2) is 15.3 Å². The molecule has 0 radical (unpaired) electrons. The Bertz CT molecular complexity index is 1220. The fourth-order valence-electron chi connectivity index (χ4n) is 6.52. The van der Waals surface area contributed by atoms with Crippen LogP contribution in [0.4, 0.5) is 0 Å². The zero-order chi connectivity index (χ0) is 20.6. The maximum absolute atomic E-state index is 5.73. The van der Waals surface area contributed by atoms with Crippen LogP contribution in [0.15, 0.2) is 38.6 Å². The summed E-state index contributed by atoms with van der Waals surface area (Å²) >= 11 is 1.59. The third kappa shape index (κ3) is 2.33. The van der Waals surface area contributed by atoms with Gasteiger partial charge in [-0.2, -0.15) is 0 Å². The minimum absolute atomic E-state index is 0.0532. The van der Waals surface area contributed by atoms with E-state index in [9.17, 15) is 0 Å². The van der Waals surface area contributed by atoms with Crippen LogP contribution in [0.1, 0.15) is 61.3 Å². The van der Waals surface area contributed by atoms with E-state index in [4.69, 9.17) is 9.05 Å². The van der Waals surface area contributed by atoms with Gasteiger partial charge in [-0.3, -0.25) is 0 Å². The second-order valence-electron chi connectivity index (χ2n) is 9.71.